The van der Waals surface area contributed by atoms with Gasteiger partial charge in [0.2, 0.25) is 10.0 Å². The summed E-state index contributed by atoms with van der Waals surface area (Å²) in [6.45, 7) is 4.69. The van der Waals surface area contributed by atoms with Crippen LogP contribution in [0.2, 0.25) is 0 Å². The molecule has 1 amide bonds. The molecule has 2 N–H and O–H groups in total. The first-order chi connectivity index (χ1) is 16.6. The number of hydrogen-bond donors (Lipinski definition) is 2. The highest BCUT2D eigenvalue weighted by atomic mass is 35.5. The van der Waals surface area contributed by atoms with Gasteiger partial charge in [0.25, 0.3) is 5.91 Å². The van der Waals surface area contributed by atoms with E-state index in [-0.39, 0.29) is 29.1 Å². The number of ether oxygens (including phenoxy) is 1. The standard InChI is InChI=1S/C24H29Cl2N3O5S/c1-3-34-24(31)18-10-7-13-29(15-18)20-12-11-19(27-23(30)22(25)26)14-21(20)35(32,33)28-16(2)17-8-5-4-6-9-17/h4-6,8-9,11-12,14,16,18,22,28H,3,7,10,13,15H2,1-2H3,(H,27,30)/t16-,18-/m0/s1. The highest BCUT2D eigenvalue weighted by Gasteiger charge is 2.31. The molecular formula is C24H29Cl2N3O5S. The van der Waals surface area contributed by atoms with Gasteiger partial charge in [0.15, 0.2) is 4.84 Å². The Morgan fingerprint density at radius 1 is 1.17 bits per heavy atom. The van der Waals surface area contributed by atoms with Gasteiger partial charge < -0.3 is 15.0 Å². The lowest BCUT2D eigenvalue weighted by atomic mass is 9.97. The highest BCUT2D eigenvalue weighted by molar-refractivity contribution is 7.89. The van der Waals surface area contributed by atoms with Gasteiger partial charge in [-0.2, -0.15) is 0 Å². The number of benzene rings is 2. The predicted molar refractivity (Wildman–Crippen MR) is 137 cm³/mol. The van der Waals surface area contributed by atoms with Crippen LogP contribution in [0.1, 0.15) is 38.3 Å². The fraction of sp³-hybridized carbons (Fsp3) is 0.417. The molecule has 0 spiro atoms. The zero-order valence-corrected chi connectivity index (χ0v) is 21.9. The molecule has 1 saturated heterocycles. The minimum Gasteiger partial charge on any atom is -0.466 e. The largest absolute Gasteiger partial charge is 0.466 e. The van der Waals surface area contributed by atoms with Crippen molar-refractivity contribution < 1.29 is 22.7 Å². The van der Waals surface area contributed by atoms with Gasteiger partial charge in [0, 0.05) is 24.8 Å². The Kier molecular flexibility index (Phi) is 9.40. The molecule has 2 atom stereocenters. The van der Waals surface area contributed by atoms with Gasteiger partial charge in [-0.1, -0.05) is 53.5 Å². The second-order valence-corrected chi connectivity index (χ2v) is 11.0. The summed E-state index contributed by atoms with van der Waals surface area (Å²) in [7, 11) is -4.04. The average Bonchev–Trinajstić information content (AvgIpc) is 2.84. The molecule has 0 radical (unpaired) electrons. The van der Waals surface area contributed by atoms with Gasteiger partial charge >= 0.3 is 5.97 Å². The number of halogens is 2. The summed E-state index contributed by atoms with van der Waals surface area (Å²) < 4.78 is 35.0. The van der Waals surface area contributed by atoms with Crippen molar-refractivity contribution in [3.8, 4) is 0 Å². The molecule has 1 fully saturated rings. The summed E-state index contributed by atoms with van der Waals surface area (Å²) in [5, 5.41) is 2.53. The SMILES string of the molecule is CCOC(=O)[C@H]1CCCN(c2ccc(NC(=O)C(Cl)Cl)cc2S(=O)(=O)N[C@@H](C)c2ccccc2)C1. The number of carbonyl (C=O) groups excluding carboxylic acids is 2. The Morgan fingerprint density at radius 2 is 1.89 bits per heavy atom. The number of nitrogens with zero attached hydrogens (tertiary/aromatic N) is 1. The van der Waals surface area contributed by atoms with Gasteiger partial charge in [-0.05, 0) is 50.5 Å². The number of carbonyl (C=O) groups is 2. The fourth-order valence-corrected chi connectivity index (χ4v) is 5.61. The quantitative estimate of drug-likeness (QED) is 0.363. The van der Waals surface area contributed by atoms with Crippen molar-refractivity contribution in [2.75, 3.05) is 29.9 Å². The Labute approximate surface area is 216 Å². The number of amides is 1. The van der Waals surface area contributed by atoms with Gasteiger partial charge in [0.1, 0.15) is 4.90 Å². The molecular weight excluding hydrogens is 513 g/mol. The maximum Gasteiger partial charge on any atom is 0.310 e. The number of piperidine rings is 1. The molecule has 35 heavy (non-hydrogen) atoms. The molecule has 1 heterocycles. The molecule has 0 aromatic heterocycles. The number of hydrogen-bond acceptors (Lipinski definition) is 6. The molecule has 0 unspecified atom stereocenters. The topological polar surface area (TPSA) is 105 Å². The summed E-state index contributed by atoms with van der Waals surface area (Å²) >= 11 is 11.3. The second kappa shape index (κ2) is 12.1. The van der Waals surface area contributed by atoms with Crippen LogP contribution in [0, 0.1) is 5.92 Å². The first kappa shape index (κ1) is 27.3. The van der Waals surface area contributed by atoms with Gasteiger partial charge in [-0.15, -0.1) is 0 Å². The summed E-state index contributed by atoms with van der Waals surface area (Å²) in [5.74, 6) is -1.32. The highest BCUT2D eigenvalue weighted by Crippen LogP contribution is 2.33. The first-order valence-electron chi connectivity index (χ1n) is 11.3. The molecule has 2 aromatic carbocycles. The van der Waals surface area contributed by atoms with Crippen molar-refractivity contribution in [3.05, 3.63) is 54.1 Å². The monoisotopic (exact) mass is 541 g/mol. The Balaban J connectivity index is 1.97. The molecule has 3 rings (SSSR count). The lowest BCUT2D eigenvalue weighted by Crippen LogP contribution is -2.40. The van der Waals surface area contributed by atoms with E-state index >= 15 is 0 Å². The number of sulfonamides is 1. The summed E-state index contributed by atoms with van der Waals surface area (Å²) in [4.78, 5) is 24.9. The van der Waals surface area contributed by atoms with E-state index in [2.05, 4.69) is 10.0 Å². The van der Waals surface area contributed by atoms with Crippen LogP contribution in [0.25, 0.3) is 0 Å². The molecule has 1 aliphatic heterocycles. The van der Waals surface area contributed by atoms with Crippen LogP contribution < -0.4 is 14.9 Å². The van der Waals surface area contributed by atoms with Crippen LogP contribution >= 0.6 is 23.2 Å². The first-order valence-corrected chi connectivity index (χ1v) is 13.7. The van der Waals surface area contributed by atoms with E-state index in [1.54, 1.807) is 26.0 Å². The second-order valence-electron chi connectivity index (χ2n) is 8.26. The van der Waals surface area contributed by atoms with E-state index in [0.717, 1.165) is 5.56 Å². The average molecular weight is 542 g/mol. The van der Waals surface area contributed by atoms with E-state index in [4.69, 9.17) is 27.9 Å². The third kappa shape index (κ3) is 7.10. The molecule has 1 aliphatic rings. The molecule has 0 aliphatic carbocycles. The number of rotatable bonds is 9. The van der Waals surface area contributed by atoms with Crippen molar-refractivity contribution in [1.82, 2.24) is 4.72 Å². The van der Waals surface area contributed by atoms with Crippen LogP contribution in [0.15, 0.2) is 53.4 Å². The summed E-state index contributed by atoms with van der Waals surface area (Å²) in [5.41, 5.74) is 1.46. The molecule has 8 nitrogen and oxygen atoms in total. The summed E-state index contributed by atoms with van der Waals surface area (Å²) in [6, 6.07) is 13.2. The number of alkyl halides is 2. The fourth-order valence-electron chi connectivity index (χ4n) is 4.02. The Morgan fingerprint density at radius 3 is 2.54 bits per heavy atom. The Hall–Kier alpha value is -2.33. The number of anilines is 2. The van der Waals surface area contributed by atoms with Crippen molar-refractivity contribution >= 4 is 56.5 Å². The van der Waals surface area contributed by atoms with E-state index in [9.17, 15) is 18.0 Å². The van der Waals surface area contributed by atoms with Crippen molar-refractivity contribution in [2.45, 2.75) is 42.5 Å². The summed E-state index contributed by atoms with van der Waals surface area (Å²) in [6.07, 6.45) is 1.37. The van der Waals surface area contributed by atoms with Crippen LogP contribution in [0.4, 0.5) is 11.4 Å². The van der Waals surface area contributed by atoms with Gasteiger partial charge in [-0.3, -0.25) is 9.59 Å². The molecule has 190 valence electrons. The van der Waals surface area contributed by atoms with Crippen molar-refractivity contribution in [2.24, 2.45) is 5.92 Å². The van der Waals surface area contributed by atoms with Gasteiger partial charge in [0.05, 0.1) is 18.2 Å². The maximum atomic E-state index is 13.6. The van der Waals surface area contributed by atoms with E-state index in [1.165, 1.54) is 6.07 Å². The zero-order chi connectivity index (χ0) is 25.6. The third-order valence-electron chi connectivity index (χ3n) is 5.73. The van der Waals surface area contributed by atoms with Gasteiger partial charge in [-0.25, -0.2) is 13.1 Å². The van der Waals surface area contributed by atoms with E-state index < -0.39 is 26.8 Å². The zero-order valence-electron chi connectivity index (χ0n) is 19.5. The molecule has 0 bridgehead atoms. The number of nitrogens with one attached hydrogen (secondary N) is 2. The van der Waals surface area contributed by atoms with E-state index in [1.807, 2.05) is 35.2 Å². The van der Waals surface area contributed by atoms with Crippen LogP contribution in [-0.4, -0.2) is 44.8 Å². The smallest absolute Gasteiger partial charge is 0.310 e. The van der Waals surface area contributed by atoms with Crippen LogP contribution in [0.5, 0.6) is 0 Å². The third-order valence-corrected chi connectivity index (χ3v) is 7.69. The molecule has 11 heteroatoms. The van der Waals surface area contributed by atoms with Crippen molar-refractivity contribution in [1.29, 1.82) is 0 Å². The lowest BCUT2D eigenvalue weighted by molar-refractivity contribution is -0.148. The van der Waals surface area contributed by atoms with E-state index in [0.29, 0.717) is 31.6 Å². The van der Waals surface area contributed by atoms with Crippen LogP contribution in [0.3, 0.4) is 0 Å². The van der Waals surface area contributed by atoms with Crippen molar-refractivity contribution in [3.63, 3.8) is 0 Å². The lowest BCUT2D eigenvalue weighted by Gasteiger charge is -2.34. The maximum absolute atomic E-state index is 13.6. The predicted octanol–water partition coefficient (Wildman–Crippen LogP) is 4.25. The molecule has 0 saturated carbocycles. The molecule has 2 aromatic rings. The van der Waals surface area contributed by atoms with Crippen LogP contribution in [-0.2, 0) is 24.3 Å². The Bertz CT molecular complexity index is 1150. The number of esters is 1. The minimum absolute atomic E-state index is 0.0247. The minimum atomic E-state index is -4.04. The normalized spacial score (nSPS) is 17.2.